The Morgan fingerprint density at radius 3 is 2.14 bits per heavy atom. The van der Waals surface area contributed by atoms with Gasteiger partial charge in [-0.3, -0.25) is 19.2 Å². The summed E-state index contributed by atoms with van der Waals surface area (Å²) in [6.07, 6.45) is 2.57. The number of ether oxygens (including phenoxy) is 2. The summed E-state index contributed by atoms with van der Waals surface area (Å²) < 4.78 is 10.9. The SMILES string of the molecule is CC(C)(C)OC(=O)CCN1C(=O)C(CC(=O)OCc2ccccc2)NC(=O)C12CCN(CCCc1ccccc1)CC2. The number of hydrogen-bond donors (Lipinski definition) is 1. The van der Waals surface area contributed by atoms with Crippen molar-refractivity contribution in [3.63, 3.8) is 0 Å². The Labute approximate surface area is 248 Å². The minimum Gasteiger partial charge on any atom is -0.461 e. The monoisotopic (exact) mass is 577 g/mol. The molecule has 42 heavy (non-hydrogen) atoms. The van der Waals surface area contributed by atoms with Gasteiger partial charge < -0.3 is 24.6 Å². The number of nitrogens with zero attached hydrogens (tertiary/aromatic N) is 2. The molecule has 0 saturated carbocycles. The van der Waals surface area contributed by atoms with Crippen molar-refractivity contribution in [3.05, 3.63) is 71.8 Å². The van der Waals surface area contributed by atoms with Gasteiger partial charge in [0.25, 0.3) is 0 Å². The molecule has 1 atom stereocenters. The summed E-state index contributed by atoms with van der Waals surface area (Å²) in [6.45, 7) is 7.70. The van der Waals surface area contributed by atoms with Crippen LogP contribution in [0.2, 0.25) is 0 Å². The fraction of sp³-hybridized carbons (Fsp3) is 0.515. The number of esters is 2. The molecule has 2 aliphatic rings. The second-order valence-corrected chi connectivity index (χ2v) is 12.2. The highest BCUT2D eigenvalue weighted by Gasteiger charge is 2.53. The number of benzene rings is 2. The lowest BCUT2D eigenvalue weighted by atomic mass is 9.81. The van der Waals surface area contributed by atoms with Crippen molar-refractivity contribution in [2.45, 2.75) is 83.1 Å². The van der Waals surface area contributed by atoms with Gasteiger partial charge in [-0.15, -0.1) is 0 Å². The summed E-state index contributed by atoms with van der Waals surface area (Å²) in [4.78, 5) is 56.6. The minimum atomic E-state index is -1.07. The lowest BCUT2D eigenvalue weighted by Gasteiger charge is -2.51. The molecule has 2 amide bonds. The summed E-state index contributed by atoms with van der Waals surface area (Å²) in [5.74, 6) is -1.66. The van der Waals surface area contributed by atoms with E-state index in [9.17, 15) is 19.2 Å². The van der Waals surface area contributed by atoms with Crippen molar-refractivity contribution in [2.75, 3.05) is 26.2 Å². The summed E-state index contributed by atoms with van der Waals surface area (Å²) in [5, 5.41) is 2.83. The van der Waals surface area contributed by atoms with E-state index in [-0.39, 0.29) is 37.8 Å². The van der Waals surface area contributed by atoms with E-state index < -0.39 is 29.1 Å². The Morgan fingerprint density at radius 1 is 0.905 bits per heavy atom. The molecule has 2 aliphatic heterocycles. The quantitative estimate of drug-likeness (QED) is 0.407. The Morgan fingerprint density at radius 2 is 1.52 bits per heavy atom. The molecule has 0 aromatic heterocycles. The van der Waals surface area contributed by atoms with Gasteiger partial charge in [-0.1, -0.05) is 60.7 Å². The van der Waals surface area contributed by atoms with E-state index in [1.54, 1.807) is 20.8 Å². The van der Waals surface area contributed by atoms with Crippen LogP contribution in [0.5, 0.6) is 0 Å². The van der Waals surface area contributed by atoms with Gasteiger partial charge in [-0.2, -0.15) is 0 Å². The lowest BCUT2D eigenvalue weighted by Crippen LogP contribution is -2.73. The molecular formula is C33H43N3O6. The van der Waals surface area contributed by atoms with Crippen LogP contribution < -0.4 is 5.32 Å². The smallest absolute Gasteiger partial charge is 0.308 e. The molecule has 2 heterocycles. The van der Waals surface area contributed by atoms with Crippen molar-refractivity contribution in [2.24, 2.45) is 0 Å². The van der Waals surface area contributed by atoms with Gasteiger partial charge >= 0.3 is 11.9 Å². The van der Waals surface area contributed by atoms with Crippen molar-refractivity contribution >= 4 is 23.8 Å². The topological polar surface area (TPSA) is 105 Å². The predicted molar refractivity (Wildman–Crippen MR) is 158 cm³/mol. The number of nitrogens with one attached hydrogen (secondary N) is 1. The molecule has 1 spiro atoms. The van der Waals surface area contributed by atoms with E-state index in [0.29, 0.717) is 25.9 Å². The van der Waals surface area contributed by atoms with Crippen LogP contribution in [-0.4, -0.2) is 76.9 Å². The summed E-state index contributed by atoms with van der Waals surface area (Å²) in [6, 6.07) is 18.6. The molecule has 4 rings (SSSR count). The molecule has 1 N–H and O–H groups in total. The normalized spacial score (nSPS) is 18.9. The molecule has 9 nitrogen and oxygen atoms in total. The fourth-order valence-corrected chi connectivity index (χ4v) is 5.69. The van der Waals surface area contributed by atoms with E-state index in [1.165, 1.54) is 10.5 Å². The first-order chi connectivity index (χ1) is 20.1. The lowest BCUT2D eigenvalue weighted by molar-refractivity contribution is -0.166. The van der Waals surface area contributed by atoms with Gasteiger partial charge in [0.2, 0.25) is 11.8 Å². The van der Waals surface area contributed by atoms with Crippen molar-refractivity contribution < 1.29 is 28.7 Å². The number of carbonyl (C=O) groups is 4. The molecule has 0 bridgehead atoms. The van der Waals surface area contributed by atoms with Gasteiger partial charge in [0.1, 0.15) is 23.8 Å². The van der Waals surface area contributed by atoms with Gasteiger partial charge in [-0.05, 0) is 64.1 Å². The Bertz CT molecular complexity index is 1220. The number of piperidine rings is 1. The standard InChI is InChI=1S/C33H43N3O6/c1-32(2,3)42-28(37)16-20-36-30(39)27(23-29(38)41-24-26-13-8-5-9-14-26)34-31(40)33(36)17-21-35(22-18-33)19-10-15-25-11-6-4-7-12-25/h4-9,11-14,27H,10,15-24H2,1-3H3,(H,34,40). The van der Waals surface area contributed by atoms with Crippen LogP contribution in [0.3, 0.4) is 0 Å². The van der Waals surface area contributed by atoms with Gasteiger partial charge in [-0.25, -0.2) is 0 Å². The largest absolute Gasteiger partial charge is 0.461 e. The maximum Gasteiger partial charge on any atom is 0.308 e. The number of likely N-dealkylation sites (tertiary alicyclic amines) is 1. The second-order valence-electron chi connectivity index (χ2n) is 12.2. The molecule has 2 aromatic carbocycles. The molecule has 2 aromatic rings. The first-order valence-corrected chi connectivity index (χ1v) is 14.9. The zero-order valence-electron chi connectivity index (χ0n) is 25.0. The Kier molecular flexibility index (Phi) is 10.4. The maximum atomic E-state index is 13.8. The maximum absolute atomic E-state index is 13.8. The highest BCUT2D eigenvalue weighted by Crippen LogP contribution is 2.34. The first kappa shape index (κ1) is 31.2. The average molecular weight is 578 g/mol. The molecular weight excluding hydrogens is 534 g/mol. The van der Waals surface area contributed by atoms with Crippen LogP contribution in [0.15, 0.2) is 60.7 Å². The third-order valence-corrected chi connectivity index (χ3v) is 7.85. The van der Waals surface area contributed by atoms with Gasteiger partial charge in [0.05, 0.1) is 12.8 Å². The molecule has 9 heteroatoms. The Hall–Kier alpha value is -3.72. The summed E-state index contributed by atoms with van der Waals surface area (Å²) >= 11 is 0. The molecule has 1 unspecified atom stereocenters. The number of hydrogen-bond acceptors (Lipinski definition) is 7. The number of piperazine rings is 1. The molecule has 2 fully saturated rings. The zero-order chi connectivity index (χ0) is 30.2. The zero-order valence-corrected chi connectivity index (χ0v) is 25.0. The Balaban J connectivity index is 1.40. The van der Waals surface area contributed by atoms with Crippen LogP contribution in [-0.2, 0) is 41.7 Å². The second kappa shape index (κ2) is 14.0. The number of aryl methyl sites for hydroxylation is 1. The highest BCUT2D eigenvalue weighted by atomic mass is 16.6. The number of amides is 2. The van der Waals surface area contributed by atoms with E-state index in [0.717, 1.165) is 24.9 Å². The van der Waals surface area contributed by atoms with Crippen molar-refractivity contribution in [3.8, 4) is 0 Å². The summed E-state index contributed by atoms with van der Waals surface area (Å²) in [5.41, 5.74) is 0.399. The van der Waals surface area contributed by atoms with Crippen LogP contribution in [0.25, 0.3) is 0 Å². The fourth-order valence-electron chi connectivity index (χ4n) is 5.69. The number of rotatable bonds is 11. The van der Waals surface area contributed by atoms with Crippen LogP contribution in [0.1, 0.15) is 64.0 Å². The van der Waals surface area contributed by atoms with E-state index >= 15 is 0 Å². The molecule has 0 radical (unpaired) electrons. The number of carbonyl (C=O) groups excluding carboxylic acids is 4. The molecule has 0 aliphatic carbocycles. The average Bonchev–Trinajstić information content (AvgIpc) is 2.96. The first-order valence-electron chi connectivity index (χ1n) is 14.9. The molecule has 2 saturated heterocycles. The van der Waals surface area contributed by atoms with Crippen LogP contribution >= 0.6 is 0 Å². The third-order valence-electron chi connectivity index (χ3n) is 7.85. The van der Waals surface area contributed by atoms with E-state index in [1.807, 2.05) is 48.5 Å². The van der Waals surface area contributed by atoms with Gasteiger partial charge in [0.15, 0.2) is 0 Å². The predicted octanol–water partition coefficient (Wildman–Crippen LogP) is 3.65. The van der Waals surface area contributed by atoms with Crippen LogP contribution in [0.4, 0.5) is 0 Å². The highest BCUT2D eigenvalue weighted by molar-refractivity contribution is 6.01. The van der Waals surface area contributed by atoms with Crippen molar-refractivity contribution in [1.82, 2.24) is 15.1 Å². The third kappa shape index (κ3) is 8.41. The van der Waals surface area contributed by atoms with E-state index in [4.69, 9.17) is 9.47 Å². The summed E-state index contributed by atoms with van der Waals surface area (Å²) in [7, 11) is 0. The van der Waals surface area contributed by atoms with Crippen molar-refractivity contribution in [1.29, 1.82) is 0 Å². The minimum absolute atomic E-state index is 0.0377. The van der Waals surface area contributed by atoms with Gasteiger partial charge in [0, 0.05) is 19.6 Å². The van der Waals surface area contributed by atoms with E-state index in [2.05, 4.69) is 22.3 Å². The molecule has 226 valence electrons. The van der Waals surface area contributed by atoms with Crippen LogP contribution in [0, 0.1) is 0 Å².